The number of hydrogen-bond donors (Lipinski definition) is 2. The van der Waals surface area contributed by atoms with Gasteiger partial charge in [0.1, 0.15) is 5.69 Å². The monoisotopic (exact) mass is 284 g/mol. The van der Waals surface area contributed by atoms with E-state index in [1.165, 1.54) is 6.20 Å². The van der Waals surface area contributed by atoms with Crippen LogP contribution in [0.1, 0.15) is 24.4 Å². The maximum atomic E-state index is 12.5. The number of nitrogen functional groups attached to an aromatic ring is 1. The molecule has 2 rings (SSSR count). The zero-order chi connectivity index (χ0) is 14.8. The van der Waals surface area contributed by atoms with Gasteiger partial charge in [-0.1, -0.05) is 0 Å². The van der Waals surface area contributed by atoms with Gasteiger partial charge in [-0.25, -0.2) is 19.9 Å². The Labute approximate surface area is 112 Å². The molecule has 0 radical (unpaired) electrons. The van der Waals surface area contributed by atoms with Gasteiger partial charge < -0.3 is 11.1 Å². The molecule has 106 valence electrons. The molecule has 0 saturated heterocycles. The second-order valence-corrected chi connectivity index (χ2v) is 3.97. The Morgan fingerprint density at radius 3 is 2.50 bits per heavy atom. The van der Waals surface area contributed by atoms with Gasteiger partial charge in [0.15, 0.2) is 0 Å². The zero-order valence-electron chi connectivity index (χ0n) is 10.4. The van der Waals surface area contributed by atoms with E-state index in [-0.39, 0.29) is 11.9 Å². The van der Waals surface area contributed by atoms with Gasteiger partial charge >= 0.3 is 6.18 Å². The Bertz CT molecular complexity index is 601. The van der Waals surface area contributed by atoms with Gasteiger partial charge in [-0.2, -0.15) is 13.2 Å². The van der Waals surface area contributed by atoms with E-state index in [9.17, 15) is 13.2 Å². The SMILES string of the molecule is CC(Nc1nccc(C(F)(F)F)n1)c1ccnc(N)n1. The number of anilines is 2. The minimum absolute atomic E-state index is 0.0844. The number of halogens is 3. The van der Waals surface area contributed by atoms with E-state index in [1.807, 2.05) is 0 Å². The maximum absolute atomic E-state index is 12.5. The summed E-state index contributed by atoms with van der Waals surface area (Å²) in [5.41, 5.74) is 4.96. The molecule has 6 nitrogen and oxygen atoms in total. The molecule has 9 heteroatoms. The normalized spacial score (nSPS) is 13.0. The van der Waals surface area contributed by atoms with Crippen LogP contribution in [0.4, 0.5) is 25.1 Å². The standard InChI is InChI=1S/C11H11F3N6/c1-6(7-2-4-16-9(15)19-7)18-10-17-5-3-8(20-10)11(12,13)14/h2-6H,1H3,(H2,15,16,19)(H,17,18,20). The number of rotatable bonds is 3. The highest BCUT2D eigenvalue weighted by molar-refractivity contribution is 5.31. The molecule has 0 aromatic carbocycles. The molecule has 0 amide bonds. The smallest absolute Gasteiger partial charge is 0.368 e. The lowest BCUT2D eigenvalue weighted by Crippen LogP contribution is -2.15. The Hall–Kier alpha value is -2.45. The molecule has 0 spiro atoms. The lowest BCUT2D eigenvalue weighted by atomic mass is 10.2. The van der Waals surface area contributed by atoms with Crippen molar-refractivity contribution in [3.05, 3.63) is 35.9 Å². The van der Waals surface area contributed by atoms with Crippen molar-refractivity contribution in [1.82, 2.24) is 19.9 Å². The quantitative estimate of drug-likeness (QED) is 0.896. The first-order valence-corrected chi connectivity index (χ1v) is 5.61. The predicted molar refractivity (Wildman–Crippen MR) is 65.5 cm³/mol. The molecule has 2 aromatic heterocycles. The molecule has 20 heavy (non-hydrogen) atoms. The second-order valence-electron chi connectivity index (χ2n) is 3.97. The highest BCUT2D eigenvalue weighted by Gasteiger charge is 2.32. The molecule has 0 bridgehead atoms. The van der Waals surface area contributed by atoms with E-state index >= 15 is 0 Å². The Kier molecular flexibility index (Phi) is 3.68. The molecule has 2 heterocycles. The number of hydrogen-bond acceptors (Lipinski definition) is 6. The van der Waals surface area contributed by atoms with Crippen molar-refractivity contribution in [1.29, 1.82) is 0 Å². The number of nitrogens with two attached hydrogens (primary N) is 1. The third-order valence-corrected chi connectivity index (χ3v) is 2.43. The summed E-state index contributed by atoms with van der Waals surface area (Å²) in [7, 11) is 0. The van der Waals surface area contributed by atoms with Crippen molar-refractivity contribution >= 4 is 11.9 Å². The van der Waals surface area contributed by atoms with Gasteiger partial charge in [0, 0.05) is 12.4 Å². The molecule has 0 aliphatic heterocycles. The van der Waals surface area contributed by atoms with Crippen LogP contribution < -0.4 is 11.1 Å². The molecule has 0 aliphatic rings. The van der Waals surface area contributed by atoms with Crippen molar-refractivity contribution in [2.45, 2.75) is 19.1 Å². The Morgan fingerprint density at radius 2 is 1.85 bits per heavy atom. The summed E-state index contributed by atoms with van der Waals surface area (Å²) in [6.45, 7) is 1.70. The minimum Gasteiger partial charge on any atom is -0.368 e. The molecule has 3 N–H and O–H groups in total. The fourth-order valence-corrected chi connectivity index (χ4v) is 1.48. The molecule has 2 aromatic rings. The summed E-state index contributed by atoms with van der Waals surface area (Å²) in [5, 5.41) is 2.73. The summed E-state index contributed by atoms with van der Waals surface area (Å²) >= 11 is 0. The molecule has 1 unspecified atom stereocenters. The number of alkyl halides is 3. The lowest BCUT2D eigenvalue weighted by molar-refractivity contribution is -0.141. The van der Waals surface area contributed by atoms with Gasteiger partial charge in [0.2, 0.25) is 11.9 Å². The summed E-state index contributed by atoms with van der Waals surface area (Å²) in [6.07, 6.45) is -2.01. The molecular weight excluding hydrogens is 273 g/mol. The highest BCUT2D eigenvalue weighted by atomic mass is 19.4. The van der Waals surface area contributed by atoms with Crippen LogP contribution in [0.15, 0.2) is 24.5 Å². The fourth-order valence-electron chi connectivity index (χ4n) is 1.48. The second kappa shape index (κ2) is 5.27. The van der Waals surface area contributed by atoms with Crippen LogP contribution in [0.2, 0.25) is 0 Å². The van der Waals surface area contributed by atoms with Crippen molar-refractivity contribution in [3.63, 3.8) is 0 Å². The van der Waals surface area contributed by atoms with Crippen molar-refractivity contribution < 1.29 is 13.2 Å². The van der Waals surface area contributed by atoms with Crippen molar-refractivity contribution in [2.75, 3.05) is 11.1 Å². The third kappa shape index (κ3) is 3.31. The van der Waals surface area contributed by atoms with E-state index in [4.69, 9.17) is 5.73 Å². The van der Waals surface area contributed by atoms with Gasteiger partial charge in [-0.3, -0.25) is 0 Å². The first kappa shape index (κ1) is 14.0. The average Bonchev–Trinajstić information content (AvgIpc) is 2.38. The molecule has 0 saturated carbocycles. The average molecular weight is 284 g/mol. The maximum Gasteiger partial charge on any atom is 0.433 e. The fraction of sp³-hybridized carbons (Fsp3) is 0.273. The third-order valence-electron chi connectivity index (χ3n) is 2.43. The van der Waals surface area contributed by atoms with Crippen LogP contribution in [0, 0.1) is 0 Å². The summed E-state index contributed by atoms with van der Waals surface area (Å²) in [6, 6.07) is 1.99. The van der Waals surface area contributed by atoms with Crippen molar-refractivity contribution in [2.24, 2.45) is 0 Å². The van der Waals surface area contributed by atoms with Crippen molar-refractivity contribution in [3.8, 4) is 0 Å². The van der Waals surface area contributed by atoms with Crippen LogP contribution in [0.5, 0.6) is 0 Å². The molecule has 1 atom stereocenters. The van der Waals surface area contributed by atoms with E-state index in [0.717, 1.165) is 12.3 Å². The molecule has 0 aliphatic carbocycles. The first-order chi connectivity index (χ1) is 9.36. The van der Waals surface area contributed by atoms with Gasteiger partial charge in [0.25, 0.3) is 0 Å². The lowest BCUT2D eigenvalue weighted by Gasteiger charge is -2.14. The predicted octanol–water partition coefficient (Wildman–Crippen LogP) is 2.04. The summed E-state index contributed by atoms with van der Waals surface area (Å²) < 4.78 is 37.6. The largest absolute Gasteiger partial charge is 0.433 e. The van der Waals surface area contributed by atoms with Gasteiger partial charge in [-0.15, -0.1) is 0 Å². The number of nitrogens with one attached hydrogen (secondary N) is 1. The van der Waals surface area contributed by atoms with Gasteiger partial charge in [-0.05, 0) is 19.1 Å². The van der Waals surface area contributed by atoms with Crippen LogP contribution in [-0.4, -0.2) is 19.9 Å². The van der Waals surface area contributed by atoms with Crippen LogP contribution in [0.25, 0.3) is 0 Å². The minimum atomic E-state index is -4.51. The summed E-state index contributed by atoms with van der Waals surface area (Å²) in [5.74, 6) is -0.0504. The molecular formula is C11H11F3N6. The molecule has 0 fully saturated rings. The van der Waals surface area contributed by atoms with Crippen LogP contribution in [-0.2, 0) is 6.18 Å². The Morgan fingerprint density at radius 1 is 1.15 bits per heavy atom. The van der Waals surface area contributed by atoms with Crippen LogP contribution >= 0.6 is 0 Å². The summed E-state index contributed by atoms with van der Waals surface area (Å²) in [4.78, 5) is 14.9. The van der Waals surface area contributed by atoms with Crippen LogP contribution in [0.3, 0.4) is 0 Å². The Balaban J connectivity index is 2.18. The van der Waals surface area contributed by atoms with E-state index in [2.05, 4.69) is 25.3 Å². The van der Waals surface area contributed by atoms with Gasteiger partial charge in [0.05, 0.1) is 11.7 Å². The first-order valence-electron chi connectivity index (χ1n) is 5.61. The topological polar surface area (TPSA) is 89.6 Å². The number of aromatic nitrogens is 4. The van der Waals surface area contributed by atoms with E-state index < -0.39 is 17.9 Å². The van der Waals surface area contributed by atoms with E-state index in [0.29, 0.717) is 5.69 Å². The highest BCUT2D eigenvalue weighted by Crippen LogP contribution is 2.28. The van der Waals surface area contributed by atoms with E-state index in [1.54, 1.807) is 13.0 Å². The number of nitrogens with zero attached hydrogens (tertiary/aromatic N) is 4. The zero-order valence-corrected chi connectivity index (χ0v) is 10.4.